The van der Waals surface area contributed by atoms with Crippen LogP contribution in [0.15, 0.2) is 34.1 Å². The Labute approximate surface area is 93.1 Å². The molecule has 0 unspecified atom stereocenters. The predicted molar refractivity (Wildman–Crippen MR) is 67.3 cm³/mol. The zero-order valence-corrected chi connectivity index (χ0v) is 9.15. The van der Waals surface area contributed by atoms with E-state index in [9.17, 15) is 0 Å². The fourth-order valence-corrected chi connectivity index (χ4v) is 1.95. The molecule has 0 bridgehead atoms. The van der Waals surface area contributed by atoms with Crippen LogP contribution in [0.25, 0.3) is 10.8 Å². The van der Waals surface area contributed by atoms with E-state index in [-0.39, 0.29) is 0 Å². The van der Waals surface area contributed by atoms with Gasteiger partial charge in [-0.2, -0.15) is 0 Å². The summed E-state index contributed by atoms with van der Waals surface area (Å²) in [6.45, 7) is 0. The van der Waals surface area contributed by atoms with Crippen molar-refractivity contribution in [2.24, 2.45) is 0 Å². The summed E-state index contributed by atoms with van der Waals surface area (Å²) in [6.07, 6.45) is 0. The van der Waals surface area contributed by atoms with Crippen LogP contribution in [0.5, 0.6) is 0 Å². The first-order valence-electron chi connectivity index (χ1n) is 4.10. The molecule has 2 nitrogen and oxygen atoms in total. The van der Waals surface area contributed by atoms with Crippen molar-refractivity contribution in [3.63, 3.8) is 0 Å². The molecule has 0 fully saturated rings. The molecule has 0 saturated carbocycles. The molecular weight excluding hydrogens is 212 g/mol. The smallest absolute Gasteiger partial charge is 0.0456 e. The Bertz CT molecular complexity index is 462. The van der Waals surface area contributed by atoms with Crippen LogP contribution < -0.4 is 11.5 Å². The van der Waals surface area contributed by atoms with E-state index in [1.54, 1.807) is 0 Å². The summed E-state index contributed by atoms with van der Waals surface area (Å²) in [5.41, 5.74) is 12.8. The molecule has 0 aliphatic heterocycles. The van der Waals surface area contributed by atoms with Gasteiger partial charge in [-0.05, 0) is 22.9 Å². The largest absolute Gasteiger partial charge is 0.398 e. The second-order valence-electron chi connectivity index (χ2n) is 3.10. The fraction of sp³-hybridized carbons (Fsp3) is 0. The minimum atomic E-state index is 0.665. The van der Waals surface area contributed by atoms with Crippen molar-refractivity contribution in [3.8, 4) is 0 Å². The van der Waals surface area contributed by atoms with Crippen LogP contribution in [-0.4, -0.2) is 0 Å². The lowest BCUT2D eigenvalue weighted by molar-refractivity contribution is 1.49. The highest BCUT2D eigenvalue weighted by atomic mass is 32.1. The Morgan fingerprint density at radius 2 is 1.07 bits per heavy atom. The topological polar surface area (TPSA) is 52.0 Å². The van der Waals surface area contributed by atoms with E-state index in [0.29, 0.717) is 11.4 Å². The molecule has 4 heteroatoms. The first-order chi connectivity index (χ1) is 6.61. The molecule has 0 atom stereocenters. The molecule has 0 saturated heterocycles. The zero-order chi connectivity index (χ0) is 10.3. The molecule has 2 rings (SSSR count). The maximum Gasteiger partial charge on any atom is 0.0456 e. The van der Waals surface area contributed by atoms with Gasteiger partial charge < -0.3 is 11.5 Å². The third kappa shape index (κ3) is 1.31. The van der Waals surface area contributed by atoms with E-state index in [0.717, 1.165) is 20.6 Å². The third-order valence-electron chi connectivity index (χ3n) is 2.21. The van der Waals surface area contributed by atoms with Crippen molar-refractivity contribution in [2.45, 2.75) is 9.79 Å². The number of hydrogen-bond acceptors (Lipinski definition) is 4. The van der Waals surface area contributed by atoms with Gasteiger partial charge in [0.25, 0.3) is 0 Å². The second kappa shape index (κ2) is 3.29. The van der Waals surface area contributed by atoms with E-state index in [1.807, 2.05) is 24.3 Å². The van der Waals surface area contributed by atoms with Crippen LogP contribution in [0.4, 0.5) is 11.4 Å². The van der Waals surface area contributed by atoms with Crippen LogP contribution in [0.2, 0.25) is 0 Å². The van der Waals surface area contributed by atoms with Gasteiger partial charge in [0.05, 0.1) is 0 Å². The number of thiol groups is 2. The van der Waals surface area contributed by atoms with E-state index in [1.165, 1.54) is 0 Å². The van der Waals surface area contributed by atoms with Crippen LogP contribution >= 0.6 is 25.3 Å². The minimum absolute atomic E-state index is 0.665. The number of benzene rings is 2. The summed E-state index contributed by atoms with van der Waals surface area (Å²) in [4.78, 5) is 1.55. The number of hydrogen-bond donors (Lipinski definition) is 4. The number of rotatable bonds is 0. The fourth-order valence-electron chi connectivity index (χ4n) is 1.41. The molecule has 0 aliphatic rings. The van der Waals surface area contributed by atoms with E-state index in [4.69, 9.17) is 11.5 Å². The first-order valence-corrected chi connectivity index (χ1v) is 4.99. The molecule has 0 heterocycles. The number of nitrogen functional groups attached to an aromatic ring is 2. The van der Waals surface area contributed by atoms with Gasteiger partial charge in [0, 0.05) is 21.2 Å². The van der Waals surface area contributed by atoms with Crippen LogP contribution in [-0.2, 0) is 0 Å². The Morgan fingerprint density at radius 1 is 0.714 bits per heavy atom. The molecule has 2 aromatic rings. The van der Waals surface area contributed by atoms with Crippen molar-refractivity contribution in [2.75, 3.05) is 11.5 Å². The molecule has 0 aromatic heterocycles. The quantitative estimate of drug-likeness (QED) is 0.409. The van der Waals surface area contributed by atoms with Crippen molar-refractivity contribution in [1.82, 2.24) is 0 Å². The Hall–Kier alpha value is -1.00. The normalized spacial score (nSPS) is 10.7. The minimum Gasteiger partial charge on any atom is -0.398 e. The highest BCUT2D eigenvalue weighted by Gasteiger charge is 2.05. The van der Waals surface area contributed by atoms with E-state index >= 15 is 0 Å². The third-order valence-corrected chi connectivity index (χ3v) is 3.20. The van der Waals surface area contributed by atoms with Crippen molar-refractivity contribution < 1.29 is 0 Å². The first kappa shape index (κ1) is 9.55. The van der Waals surface area contributed by atoms with Gasteiger partial charge in [-0.1, -0.05) is 12.1 Å². The predicted octanol–water partition coefficient (Wildman–Crippen LogP) is 2.58. The molecule has 2 aromatic carbocycles. The molecule has 0 spiro atoms. The number of fused-ring (bicyclic) bond motifs is 1. The number of anilines is 2. The summed E-state index contributed by atoms with van der Waals surface area (Å²) in [5, 5.41) is 1.96. The van der Waals surface area contributed by atoms with Gasteiger partial charge in [0.2, 0.25) is 0 Å². The van der Waals surface area contributed by atoms with Crippen LogP contribution in [0, 0.1) is 0 Å². The highest BCUT2D eigenvalue weighted by molar-refractivity contribution is 7.81. The van der Waals surface area contributed by atoms with Crippen LogP contribution in [0.1, 0.15) is 0 Å². The van der Waals surface area contributed by atoms with Crippen LogP contribution in [0.3, 0.4) is 0 Å². The molecule has 0 radical (unpaired) electrons. The Balaban J connectivity index is 2.94. The van der Waals surface area contributed by atoms with Gasteiger partial charge >= 0.3 is 0 Å². The Morgan fingerprint density at radius 3 is 1.43 bits per heavy atom. The lowest BCUT2D eigenvalue weighted by atomic mass is 10.1. The molecule has 0 aliphatic carbocycles. The van der Waals surface area contributed by atoms with Gasteiger partial charge in [0.1, 0.15) is 0 Å². The van der Waals surface area contributed by atoms with Crippen molar-refractivity contribution in [1.29, 1.82) is 0 Å². The molecule has 0 amide bonds. The lowest BCUT2D eigenvalue weighted by Crippen LogP contribution is -1.91. The van der Waals surface area contributed by atoms with Gasteiger partial charge in [-0.25, -0.2) is 0 Å². The highest BCUT2D eigenvalue weighted by Crippen LogP contribution is 2.33. The summed E-state index contributed by atoms with van der Waals surface area (Å²) in [7, 11) is 0. The van der Waals surface area contributed by atoms with Gasteiger partial charge in [-0.3, -0.25) is 0 Å². The maximum atomic E-state index is 5.74. The number of nitrogens with two attached hydrogens (primary N) is 2. The average Bonchev–Trinajstić information content (AvgIpc) is 2.17. The molecule has 14 heavy (non-hydrogen) atoms. The van der Waals surface area contributed by atoms with Crippen molar-refractivity contribution >= 4 is 47.4 Å². The van der Waals surface area contributed by atoms with Gasteiger partial charge in [0.15, 0.2) is 0 Å². The second-order valence-corrected chi connectivity index (χ2v) is 4.00. The molecule has 4 N–H and O–H groups in total. The summed E-state index contributed by atoms with van der Waals surface area (Å²) >= 11 is 8.69. The zero-order valence-electron chi connectivity index (χ0n) is 7.36. The molecular formula is C10H10N2S2. The van der Waals surface area contributed by atoms with Crippen molar-refractivity contribution in [3.05, 3.63) is 24.3 Å². The van der Waals surface area contributed by atoms with E-state index < -0.39 is 0 Å². The Kier molecular flexibility index (Phi) is 2.25. The maximum absolute atomic E-state index is 5.74. The molecule has 72 valence electrons. The lowest BCUT2D eigenvalue weighted by Gasteiger charge is -2.08. The summed E-state index contributed by atoms with van der Waals surface area (Å²) in [6, 6.07) is 7.43. The average molecular weight is 222 g/mol. The SMILES string of the molecule is Nc1ccc2c(S)c(N)ccc2c1S. The summed E-state index contributed by atoms with van der Waals surface area (Å²) in [5.74, 6) is 0. The monoisotopic (exact) mass is 222 g/mol. The van der Waals surface area contributed by atoms with E-state index in [2.05, 4.69) is 25.3 Å². The van der Waals surface area contributed by atoms with Gasteiger partial charge in [-0.15, -0.1) is 25.3 Å². The standard InChI is InChI=1S/C10H10N2S2/c11-7-3-1-5-6(10(7)14)2-4-8(12)9(5)13/h1-4,13-14H,11-12H2. The summed E-state index contributed by atoms with van der Waals surface area (Å²) < 4.78 is 0.